The van der Waals surface area contributed by atoms with Crippen molar-refractivity contribution < 1.29 is 39.6 Å². The van der Waals surface area contributed by atoms with Crippen LogP contribution in [0.25, 0.3) is 0 Å². The second-order valence-corrected chi connectivity index (χ2v) is 1.17. The van der Waals surface area contributed by atoms with Crippen molar-refractivity contribution in [3.63, 3.8) is 0 Å². The molecule has 0 aromatic heterocycles. The number of carboxylic acids is 4. The average molecular weight is 188 g/mol. The third kappa shape index (κ3) is 17.8. The van der Waals surface area contributed by atoms with Gasteiger partial charge in [-0.25, -0.2) is 4.79 Å². The van der Waals surface area contributed by atoms with Gasteiger partial charge < -0.3 is 34.8 Å². The predicted octanol–water partition coefficient (Wildman–Crippen LogP) is -6.07. The van der Waals surface area contributed by atoms with E-state index in [4.69, 9.17) is 39.6 Å². The first-order valence-electron chi connectivity index (χ1n) is 2.15. The fraction of sp³-hybridized carbons (Fsp3) is 0. The monoisotopic (exact) mass is 188 g/mol. The first kappa shape index (κ1) is 17.1. The van der Waals surface area contributed by atoms with Crippen molar-refractivity contribution in [3.8, 4) is 0 Å². The zero-order valence-corrected chi connectivity index (χ0v) is 5.88. The third-order valence-electron chi connectivity index (χ3n) is 0.341. The van der Waals surface area contributed by atoms with Gasteiger partial charge in [0.1, 0.15) is 0 Å². The number of carbonyl (C=O) groups excluding carboxylic acids is 3. The van der Waals surface area contributed by atoms with E-state index in [1.54, 1.807) is 0 Å². The van der Waals surface area contributed by atoms with E-state index in [1.165, 1.54) is 0 Å². The summed E-state index contributed by atoms with van der Waals surface area (Å²) in [6.07, 6.45) is 0. The molecule has 0 saturated carbocycles. The number of hydrogen-bond donors (Lipinski definition) is 1. The van der Waals surface area contributed by atoms with Crippen LogP contribution in [-0.2, 0) is 19.2 Å². The SMILES string of the molecule is O=C([O-])C(=O)O.O=C([O-])C(=O)[O-].[B+3]. The third-order valence-corrected chi connectivity index (χ3v) is 0.341. The molecule has 8 nitrogen and oxygen atoms in total. The van der Waals surface area contributed by atoms with Crippen molar-refractivity contribution in [2.45, 2.75) is 0 Å². The molecule has 0 bridgehead atoms. The van der Waals surface area contributed by atoms with Crippen molar-refractivity contribution in [1.29, 1.82) is 0 Å². The zero-order valence-electron chi connectivity index (χ0n) is 5.88. The summed E-state index contributed by atoms with van der Waals surface area (Å²) in [5.74, 6) is -8.38. The predicted molar refractivity (Wildman–Crippen MR) is 28.4 cm³/mol. The molecule has 0 amide bonds. The standard InChI is InChI=1S/2C2H2O4.B/c2*3-1(4)2(5)6;/h2*(H,3,4)(H,5,6);/q;;+3/p-3. The van der Waals surface area contributed by atoms with Crippen LogP contribution in [0.1, 0.15) is 0 Å². The normalized spacial score (nSPS) is 6.77. The van der Waals surface area contributed by atoms with Crippen LogP contribution in [0, 0.1) is 0 Å². The summed E-state index contributed by atoms with van der Waals surface area (Å²) in [4.78, 5) is 35.9. The van der Waals surface area contributed by atoms with Gasteiger partial charge in [0.25, 0.3) is 0 Å². The minimum atomic E-state index is -2.19. The molecule has 13 heavy (non-hydrogen) atoms. The molecule has 0 fully saturated rings. The van der Waals surface area contributed by atoms with Gasteiger partial charge >= 0.3 is 14.4 Å². The molecule has 0 saturated heterocycles. The first-order valence-corrected chi connectivity index (χ1v) is 2.15. The Morgan fingerprint density at radius 2 is 0.923 bits per heavy atom. The van der Waals surface area contributed by atoms with Gasteiger partial charge in [-0.3, -0.25) is 0 Å². The van der Waals surface area contributed by atoms with E-state index in [0.717, 1.165) is 0 Å². The molecule has 9 heteroatoms. The summed E-state index contributed by atoms with van der Waals surface area (Å²) in [6.45, 7) is 0. The van der Waals surface area contributed by atoms with Crippen LogP contribution in [0.3, 0.4) is 0 Å². The van der Waals surface area contributed by atoms with Gasteiger partial charge in [-0.05, 0) is 0 Å². The summed E-state index contributed by atoms with van der Waals surface area (Å²) in [7, 11) is 0. The van der Waals surface area contributed by atoms with Gasteiger partial charge in [0.2, 0.25) is 0 Å². The molecule has 0 heterocycles. The summed E-state index contributed by atoms with van der Waals surface area (Å²) in [5, 5.41) is 34.2. The maximum absolute atomic E-state index is 9.04. The van der Waals surface area contributed by atoms with Crippen LogP contribution in [0.15, 0.2) is 0 Å². The molecule has 0 aliphatic heterocycles. The van der Waals surface area contributed by atoms with Gasteiger partial charge in [-0.15, -0.1) is 0 Å². The fourth-order valence-electron chi connectivity index (χ4n) is 0. The number of carboxylic acid groups (broad SMARTS) is 4. The van der Waals surface area contributed by atoms with Crippen LogP contribution >= 0.6 is 0 Å². The van der Waals surface area contributed by atoms with Crippen LogP contribution in [0.5, 0.6) is 0 Å². The molecule has 0 radical (unpaired) electrons. The van der Waals surface area contributed by atoms with Gasteiger partial charge in [-0.1, -0.05) is 0 Å². The molecule has 0 rings (SSSR count). The Morgan fingerprint density at radius 1 is 0.769 bits per heavy atom. The second kappa shape index (κ2) is 8.05. The van der Waals surface area contributed by atoms with Crippen molar-refractivity contribution >= 4 is 32.3 Å². The maximum Gasteiger partial charge on any atom is 3.00 e. The van der Waals surface area contributed by atoms with Gasteiger partial charge in [0.05, 0.1) is 11.9 Å². The topological polar surface area (TPSA) is 158 Å². The molecule has 0 aromatic rings. The Kier molecular flexibility index (Phi) is 10.6. The van der Waals surface area contributed by atoms with Crippen molar-refractivity contribution in [2.24, 2.45) is 0 Å². The maximum atomic E-state index is 9.04. The van der Waals surface area contributed by atoms with E-state index in [0.29, 0.717) is 0 Å². The van der Waals surface area contributed by atoms with Crippen molar-refractivity contribution in [2.75, 3.05) is 0 Å². The van der Waals surface area contributed by atoms with Gasteiger partial charge in [0, 0.05) is 0 Å². The number of rotatable bonds is 0. The van der Waals surface area contributed by atoms with E-state index in [1.807, 2.05) is 0 Å². The molecule has 68 valence electrons. The van der Waals surface area contributed by atoms with Crippen LogP contribution < -0.4 is 15.3 Å². The zero-order chi connectivity index (χ0) is 10.3. The Bertz CT molecular complexity index is 172. The molecule has 0 aliphatic carbocycles. The Labute approximate surface area is 73.0 Å². The van der Waals surface area contributed by atoms with E-state index in [9.17, 15) is 0 Å². The first-order chi connectivity index (χ1) is 5.29. The molecule has 0 spiro atoms. The Morgan fingerprint density at radius 3 is 0.923 bits per heavy atom. The van der Waals surface area contributed by atoms with Crippen molar-refractivity contribution in [3.05, 3.63) is 0 Å². The van der Waals surface area contributed by atoms with E-state index in [-0.39, 0.29) is 8.41 Å². The smallest absolute Gasteiger partial charge is 0.543 e. The minimum Gasteiger partial charge on any atom is -0.543 e. The molecule has 1 N–H and O–H groups in total. The Hall–Kier alpha value is -2.06. The summed E-state index contributed by atoms with van der Waals surface area (Å²) in [5.41, 5.74) is 0. The quantitative estimate of drug-likeness (QED) is 0.290. The second-order valence-electron chi connectivity index (χ2n) is 1.17. The van der Waals surface area contributed by atoms with E-state index >= 15 is 0 Å². The van der Waals surface area contributed by atoms with E-state index < -0.39 is 23.9 Å². The van der Waals surface area contributed by atoms with Gasteiger partial charge in [-0.2, -0.15) is 0 Å². The molecule has 0 atom stereocenters. The molecular weight excluding hydrogens is 187 g/mol. The van der Waals surface area contributed by atoms with Crippen LogP contribution in [0.2, 0.25) is 0 Å². The molecule has 0 aromatic carbocycles. The summed E-state index contributed by atoms with van der Waals surface area (Å²) in [6, 6.07) is 0. The number of hydrogen-bond acceptors (Lipinski definition) is 7. The van der Waals surface area contributed by atoms with Crippen molar-refractivity contribution in [1.82, 2.24) is 0 Å². The number of carbonyl (C=O) groups is 4. The molecular formula is C4HBO8. The summed E-state index contributed by atoms with van der Waals surface area (Å²) < 4.78 is 0. The Balaban J connectivity index is -0.000000143. The van der Waals surface area contributed by atoms with Crippen LogP contribution in [0.4, 0.5) is 0 Å². The van der Waals surface area contributed by atoms with Crippen LogP contribution in [-0.4, -0.2) is 37.4 Å². The minimum absolute atomic E-state index is 0. The number of aliphatic carboxylic acids is 4. The fourth-order valence-corrected chi connectivity index (χ4v) is 0. The average Bonchev–Trinajstić information content (AvgIpc) is 1.88. The van der Waals surface area contributed by atoms with Gasteiger partial charge in [0.15, 0.2) is 5.97 Å². The molecule has 0 aliphatic rings. The largest absolute Gasteiger partial charge is 3.00 e. The summed E-state index contributed by atoms with van der Waals surface area (Å²) >= 11 is 0. The molecule has 0 unspecified atom stereocenters. The van der Waals surface area contributed by atoms with E-state index in [2.05, 4.69) is 0 Å².